The maximum Gasteiger partial charge on any atom is 0.113 e. The topological polar surface area (TPSA) is 49.0 Å². The summed E-state index contributed by atoms with van der Waals surface area (Å²) in [5.74, 6) is 1.92. The zero-order valence-electron chi connectivity index (χ0n) is 9.40. The molecule has 3 nitrogen and oxygen atoms in total. The second kappa shape index (κ2) is 4.94. The third kappa shape index (κ3) is 2.42. The summed E-state index contributed by atoms with van der Waals surface area (Å²) in [4.78, 5) is 0. The summed E-state index contributed by atoms with van der Waals surface area (Å²) >= 11 is 1.89. The number of nitrogens with zero attached hydrogens (tertiary/aromatic N) is 1. The van der Waals surface area contributed by atoms with Gasteiger partial charge >= 0.3 is 0 Å². The van der Waals surface area contributed by atoms with Crippen molar-refractivity contribution in [1.82, 2.24) is 5.32 Å². The van der Waals surface area contributed by atoms with Crippen LogP contribution in [0.3, 0.4) is 0 Å². The molecule has 0 saturated heterocycles. The molecule has 0 aromatic carbocycles. The normalized spacial score (nSPS) is 29.1. The summed E-state index contributed by atoms with van der Waals surface area (Å²) in [5.41, 5.74) is -0.291. The second-order valence-electron chi connectivity index (χ2n) is 4.20. The van der Waals surface area contributed by atoms with Gasteiger partial charge < -0.3 is 9.73 Å². The lowest BCUT2D eigenvalue weighted by Gasteiger charge is -2.19. The monoisotopic (exact) mass is 236 g/mol. The second-order valence-corrected chi connectivity index (χ2v) is 5.49. The molecule has 2 unspecified atom stereocenters. The lowest BCUT2D eigenvalue weighted by atomic mass is 10.0. The summed E-state index contributed by atoms with van der Waals surface area (Å²) in [5, 5.41) is 12.9. The van der Waals surface area contributed by atoms with Gasteiger partial charge in [0, 0.05) is 5.25 Å². The summed E-state index contributed by atoms with van der Waals surface area (Å²) < 4.78 is 5.30. The molecule has 0 amide bonds. The highest BCUT2D eigenvalue weighted by Crippen LogP contribution is 2.37. The number of furan rings is 1. The van der Waals surface area contributed by atoms with Gasteiger partial charge in [-0.05, 0) is 38.4 Å². The van der Waals surface area contributed by atoms with E-state index in [0.717, 1.165) is 30.8 Å². The molecule has 86 valence electrons. The minimum absolute atomic E-state index is 0.291. The van der Waals surface area contributed by atoms with Crippen molar-refractivity contribution in [2.45, 2.75) is 35.8 Å². The highest BCUT2D eigenvalue weighted by atomic mass is 32.2. The molecule has 0 bridgehead atoms. The molecule has 16 heavy (non-hydrogen) atoms. The predicted molar refractivity (Wildman–Crippen MR) is 65.0 cm³/mol. The van der Waals surface area contributed by atoms with E-state index in [1.807, 2.05) is 30.9 Å². The molecule has 4 heteroatoms. The Bertz CT molecular complexity index is 371. The number of thioether (sulfide) groups is 1. The molecule has 1 fully saturated rings. The molecule has 1 aromatic heterocycles. The lowest BCUT2D eigenvalue weighted by Crippen LogP contribution is -2.38. The van der Waals surface area contributed by atoms with Gasteiger partial charge in [0.2, 0.25) is 0 Å². The Hall–Kier alpha value is -0.920. The first-order chi connectivity index (χ1) is 7.78. The molecule has 0 aliphatic heterocycles. The predicted octanol–water partition coefficient (Wildman–Crippen LogP) is 2.55. The third-order valence-corrected chi connectivity index (χ3v) is 4.53. The largest absolute Gasteiger partial charge is 0.468 e. The Morgan fingerprint density at radius 3 is 3.19 bits per heavy atom. The van der Waals surface area contributed by atoms with Crippen molar-refractivity contribution in [3.05, 3.63) is 24.2 Å². The van der Waals surface area contributed by atoms with E-state index in [1.54, 1.807) is 6.26 Å². The van der Waals surface area contributed by atoms with Crippen molar-refractivity contribution in [3.63, 3.8) is 0 Å². The van der Waals surface area contributed by atoms with Gasteiger partial charge in [-0.2, -0.15) is 17.0 Å². The van der Waals surface area contributed by atoms with Crippen molar-refractivity contribution >= 4 is 11.8 Å². The van der Waals surface area contributed by atoms with Crippen LogP contribution in [0.15, 0.2) is 22.8 Å². The van der Waals surface area contributed by atoms with Crippen LogP contribution in [0.5, 0.6) is 0 Å². The van der Waals surface area contributed by atoms with Crippen LogP contribution < -0.4 is 5.32 Å². The van der Waals surface area contributed by atoms with Crippen LogP contribution in [-0.4, -0.2) is 17.8 Å². The average Bonchev–Trinajstić information content (AvgIpc) is 2.96. The standard InChI is InChI=1S/C12H16N2OS/c1-14-12(9-13)5-4-11(7-12)16-8-10-3-2-6-15-10/h2-3,6,11,14H,4-5,7-8H2,1H3. The molecule has 1 N–H and O–H groups in total. The SMILES string of the molecule is CNC1(C#N)CCC(SCc2ccco2)C1. The van der Waals surface area contributed by atoms with Crippen LogP contribution in [-0.2, 0) is 5.75 Å². The summed E-state index contributed by atoms with van der Waals surface area (Å²) in [7, 11) is 1.88. The lowest BCUT2D eigenvalue weighted by molar-refractivity contribution is 0.464. The van der Waals surface area contributed by atoms with Crippen molar-refractivity contribution < 1.29 is 4.42 Å². The van der Waals surface area contributed by atoms with Gasteiger partial charge in [0.05, 0.1) is 18.1 Å². The van der Waals surface area contributed by atoms with Crippen LogP contribution in [0.4, 0.5) is 0 Å². The molecular formula is C12H16N2OS. The molecule has 2 atom stereocenters. The maximum absolute atomic E-state index is 9.15. The average molecular weight is 236 g/mol. The molecule has 0 spiro atoms. The zero-order valence-corrected chi connectivity index (χ0v) is 10.2. The van der Waals surface area contributed by atoms with E-state index >= 15 is 0 Å². The van der Waals surface area contributed by atoms with E-state index in [4.69, 9.17) is 9.68 Å². The third-order valence-electron chi connectivity index (χ3n) is 3.20. The van der Waals surface area contributed by atoms with Gasteiger partial charge in [-0.15, -0.1) is 0 Å². The fraction of sp³-hybridized carbons (Fsp3) is 0.583. The minimum Gasteiger partial charge on any atom is -0.468 e. The van der Waals surface area contributed by atoms with Gasteiger partial charge in [-0.3, -0.25) is 0 Å². The van der Waals surface area contributed by atoms with E-state index < -0.39 is 0 Å². The molecular weight excluding hydrogens is 220 g/mol. The van der Waals surface area contributed by atoms with Crippen LogP contribution in [0.2, 0.25) is 0 Å². The summed E-state index contributed by atoms with van der Waals surface area (Å²) in [6.07, 6.45) is 4.71. The molecule has 1 aromatic rings. The molecule has 1 saturated carbocycles. The van der Waals surface area contributed by atoms with Crippen molar-refractivity contribution in [2.24, 2.45) is 0 Å². The van der Waals surface area contributed by atoms with Crippen LogP contribution >= 0.6 is 11.8 Å². The van der Waals surface area contributed by atoms with Gasteiger partial charge in [0.1, 0.15) is 11.3 Å². The quantitative estimate of drug-likeness (QED) is 0.872. The first-order valence-electron chi connectivity index (χ1n) is 5.52. The fourth-order valence-corrected chi connectivity index (χ4v) is 3.37. The van der Waals surface area contributed by atoms with Gasteiger partial charge in [-0.1, -0.05) is 0 Å². The highest BCUT2D eigenvalue weighted by Gasteiger charge is 2.38. The Morgan fingerprint density at radius 2 is 2.62 bits per heavy atom. The first kappa shape index (κ1) is 11.6. The van der Waals surface area contributed by atoms with Crippen molar-refractivity contribution in [1.29, 1.82) is 5.26 Å². The fourth-order valence-electron chi connectivity index (χ4n) is 2.12. The van der Waals surface area contributed by atoms with Gasteiger partial charge in [-0.25, -0.2) is 0 Å². The van der Waals surface area contributed by atoms with E-state index in [0.29, 0.717) is 5.25 Å². The van der Waals surface area contributed by atoms with Crippen LogP contribution in [0.1, 0.15) is 25.0 Å². The van der Waals surface area contributed by atoms with Gasteiger partial charge in [0.15, 0.2) is 0 Å². The smallest absolute Gasteiger partial charge is 0.113 e. The Kier molecular flexibility index (Phi) is 3.57. The molecule has 0 radical (unpaired) electrons. The van der Waals surface area contributed by atoms with E-state index in [9.17, 15) is 0 Å². The van der Waals surface area contributed by atoms with Crippen LogP contribution in [0, 0.1) is 11.3 Å². The van der Waals surface area contributed by atoms with Crippen LogP contribution in [0.25, 0.3) is 0 Å². The maximum atomic E-state index is 9.15. The number of hydrogen-bond donors (Lipinski definition) is 1. The molecule has 1 aliphatic carbocycles. The number of nitrogens with one attached hydrogen (secondary N) is 1. The number of hydrogen-bond acceptors (Lipinski definition) is 4. The van der Waals surface area contributed by atoms with Gasteiger partial charge in [0.25, 0.3) is 0 Å². The molecule has 1 heterocycles. The van der Waals surface area contributed by atoms with Crippen molar-refractivity contribution in [2.75, 3.05) is 7.05 Å². The van der Waals surface area contributed by atoms with E-state index in [-0.39, 0.29) is 5.54 Å². The highest BCUT2D eigenvalue weighted by molar-refractivity contribution is 7.99. The Balaban J connectivity index is 1.83. The number of rotatable bonds is 4. The van der Waals surface area contributed by atoms with Crippen molar-refractivity contribution in [3.8, 4) is 6.07 Å². The molecule has 2 rings (SSSR count). The first-order valence-corrected chi connectivity index (χ1v) is 6.57. The Labute approximate surface area is 100 Å². The zero-order chi connectivity index (χ0) is 11.4. The number of nitriles is 1. The summed E-state index contributed by atoms with van der Waals surface area (Å²) in [6.45, 7) is 0. The van der Waals surface area contributed by atoms with E-state index in [1.165, 1.54) is 0 Å². The summed E-state index contributed by atoms with van der Waals surface area (Å²) in [6, 6.07) is 6.31. The molecule has 1 aliphatic rings. The Morgan fingerprint density at radius 1 is 1.75 bits per heavy atom. The van der Waals surface area contributed by atoms with E-state index in [2.05, 4.69) is 11.4 Å². The minimum atomic E-state index is -0.291.